The minimum Gasteiger partial charge on any atom is -0.300 e. The topological polar surface area (TPSA) is 17.1 Å². The summed E-state index contributed by atoms with van der Waals surface area (Å²) in [6, 6.07) is 0. The fourth-order valence-corrected chi connectivity index (χ4v) is 1.97. The summed E-state index contributed by atoms with van der Waals surface area (Å²) in [6.07, 6.45) is 24.7. The molecule has 0 saturated heterocycles. The van der Waals surface area contributed by atoms with E-state index in [9.17, 15) is 4.79 Å². The number of hydrogen-bond donors (Lipinski definition) is 0. The Kier molecular flexibility index (Phi) is 15.1. The molecule has 0 aliphatic rings. The summed E-state index contributed by atoms with van der Waals surface area (Å²) in [5.74, 6) is 0.323. The normalized spacial score (nSPS) is 12.1. The van der Waals surface area contributed by atoms with Crippen molar-refractivity contribution in [2.24, 2.45) is 0 Å². The summed E-state index contributed by atoms with van der Waals surface area (Å²) in [7, 11) is 0. The maximum Gasteiger partial charge on any atom is 0.129 e. The van der Waals surface area contributed by atoms with Crippen LogP contribution in [0, 0.1) is 0 Å². The van der Waals surface area contributed by atoms with Crippen LogP contribution in [0.4, 0.5) is 0 Å². The third-order valence-corrected chi connectivity index (χ3v) is 3.23. The lowest BCUT2D eigenvalue weighted by atomic mass is 10.1. The van der Waals surface area contributed by atoms with Crippen LogP contribution in [0.25, 0.3) is 0 Å². The van der Waals surface area contributed by atoms with Crippen LogP contribution in [0.1, 0.15) is 78.1 Å². The van der Waals surface area contributed by atoms with Crippen molar-refractivity contribution in [3.63, 3.8) is 0 Å². The number of Topliss-reactive ketones (excluding diaryl/α,β-unsaturated/α-hetero) is 1. The molecule has 1 nitrogen and oxygen atoms in total. The fraction of sp³-hybridized carbons (Fsp3) is 0.632. The molecule has 0 fully saturated rings. The molecule has 0 rings (SSSR count). The van der Waals surface area contributed by atoms with Gasteiger partial charge in [0.1, 0.15) is 5.78 Å². The van der Waals surface area contributed by atoms with Gasteiger partial charge in [-0.2, -0.15) is 0 Å². The zero-order chi connectivity index (χ0) is 14.9. The van der Waals surface area contributed by atoms with E-state index in [2.05, 4.69) is 43.4 Å². The van der Waals surface area contributed by atoms with Crippen LogP contribution >= 0.6 is 0 Å². The van der Waals surface area contributed by atoms with Gasteiger partial charge >= 0.3 is 0 Å². The minimum atomic E-state index is 0.323. The molecule has 114 valence electrons. The Balaban J connectivity index is 3.29. The van der Waals surface area contributed by atoms with Gasteiger partial charge in [0.2, 0.25) is 0 Å². The van der Waals surface area contributed by atoms with E-state index in [-0.39, 0.29) is 0 Å². The lowest BCUT2D eigenvalue weighted by Gasteiger charge is -1.98. The van der Waals surface area contributed by atoms with Crippen molar-refractivity contribution < 1.29 is 4.79 Å². The monoisotopic (exact) mass is 276 g/mol. The molecule has 0 aliphatic carbocycles. The predicted octanol–water partition coefficient (Wildman–Crippen LogP) is 6.16. The summed E-state index contributed by atoms with van der Waals surface area (Å²) >= 11 is 0. The molecule has 0 atom stereocenters. The summed E-state index contributed by atoms with van der Waals surface area (Å²) in [6.45, 7) is 3.90. The Morgan fingerprint density at radius 2 is 1.30 bits per heavy atom. The first-order valence-corrected chi connectivity index (χ1v) is 8.25. The van der Waals surface area contributed by atoms with Gasteiger partial charge in [0.05, 0.1) is 0 Å². The molecule has 0 heterocycles. The van der Waals surface area contributed by atoms with Crippen molar-refractivity contribution in [3.8, 4) is 0 Å². The van der Waals surface area contributed by atoms with Gasteiger partial charge in [-0.25, -0.2) is 0 Å². The molecule has 0 spiro atoms. The Hall–Kier alpha value is -1.11. The number of unbranched alkanes of at least 4 members (excludes halogenated alkanes) is 7. The van der Waals surface area contributed by atoms with Crippen molar-refractivity contribution in [2.75, 3.05) is 0 Å². The highest BCUT2D eigenvalue weighted by Crippen LogP contribution is 2.07. The van der Waals surface area contributed by atoms with Gasteiger partial charge in [0, 0.05) is 6.42 Å². The average molecular weight is 276 g/mol. The molecule has 0 aliphatic heterocycles. The second-order valence-electron chi connectivity index (χ2n) is 5.39. The first-order valence-electron chi connectivity index (χ1n) is 8.25. The molecule has 0 amide bonds. The molecule has 20 heavy (non-hydrogen) atoms. The third kappa shape index (κ3) is 16.9. The van der Waals surface area contributed by atoms with E-state index in [1.165, 1.54) is 44.9 Å². The average Bonchev–Trinajstić information content (AvgIpc) is 2.43. The Morgan fingerprint density at radius 3 is 1.90 bits per heavy atom. The quantitative estimate of drug-likeness (QED) is 0.290. The lowest BCUT2D eigenvalue weighted by molar-refractivity contribution is -0.117. The van der Waals surface area contributed by atoms with Crippen LogP contribution in [0.3, 0.4) is 0 Å². The predicted molar refractivity (Wildman–Crippen MR) is 89.9 cm³/mol. The molecule has 0 aromatic rings. The van der Waals surface area contributed by atoms with Gasteiger partial charge in [-0.15, -0.1) is 0 Å². The van der Waals surface area contributed by atoms with Gasteiger partial charge < -0.3 is 4.79 Å². The molecule has 0 saturated carbocycles. The number of carbonyl (C=O) groups is 1. The van der Waals surface area contributed by atoms with Crippen LogP contribution in [-0.4, -0.2) is 5.78 Å². The summed E-state index contributed by atoms with van der Waals surface area (Å²) in [5.41, 5.74) is 0. The van der Waals surface area contributed by atoms with Crippen LogP contribution in [0.15, 0.2) is 36.5 Å². The zero-order valence-corrected chi connectivity index (χ0v) is 13.4. The van der Waals surface area contributed by atoms with Crippen molar-refractivity contribution in [1.29, 1.82) is 0 Å². The second-order valence-corrected chi connectivity index (χ2v) is 5.39. The van der Waals surface area contributed by atoms with Crippen LogP contribution in [-0.2, 0) is 4.79 Å². The van der Waals surface area contributed by atoms with Crippen molar-refractivity contribution in [1.82, 2.24) is 0 Å². The van der Waals surface area contributed by atoms with E-state index in [4.69, 9.17) is 0 Å². The van der Waals surface area contributed by atoms with E-state index in [1.54, 1.807) is 6.92 Å². The highest BCUT2D eigenvalue weighted by molar-refractivity contribution is 5.75. The summed E-state index contributed by atoms with van der Waals surface area (Å²) in [5, 5.41) is 0. The highest BCUT2D eigenvalue weighted by Gasteiger charge is 1.93. The van der Waals surface area contributed by atoms with Gasteiger partial charge in [0.15, 0.2) is 0 Å². The minimum absolute atomic E-state index is 0.323. The van der Waals surface area contributed by atoms with Gasteiger partial charge in [-0.05, 0) is 32.6 Å². The Labute approximate surface area is 125 Å². The first kappa shape index (κ1) is 18.9. The van der Waals surface area contributed by atoms with Crippen LogP contribution < -0.4 is 0 Å². The fourth-order valence-electron chi connectivity index (χ4n) is 1.97. The van der Waals surface area contributed by atoms with E-state index >= 15 is 0 Å². The van der Waals surface area contributed by atoms with E-state index < -0.39 is 0 Å². The molecule has 0 unspecified atom stereocenters. The molecule has 0 bridgehead atoms. The van der Waals surface area contributed by atoms with Gasteiger partial charge in [0.25, 0.3) is 0 Å². The Bertz CT molecular complexity index is 297. The standard InChI is InChI=1S/C19H32O/c1-3-4-5-6-7-8-9-10-11-12-13-14-15-16-17-18-19(2)20/h6-11H,3-5,12-18H2,1-2H3/b7-6-,9-8+,11-10+. The second kappa shape index (κ2) is 15.9. The number of hydrogen-bond acceptors (Lipinski definition) is 1. The van der Waals surface area contributed by atoms with Gasteiger partial charge in [-0.1, -0.05) is 75.5 Å². The number of ketones is 1. The summed E-state index contributed by atoms with van der Waals surface area (Å²) < 4.78 is 0. The van der Waals surface area contributed by atoms with E-state index in [0.717, 1.165) is 19.3 Å². The van der Waals surface area contributed by atoms with E-state index in [1.807, 2.05) is 0 Å². The third-order valence-electron chi connectivity index (χ3n) is 3.23. The molecule has 0 N–H and O–H groups in total. The number of carbonyl (C=O) groups excluding carboxylic acids is 1. The molecule has 0 aromatic carbocycles. The molecule has 0 aromatic heterocycles. The number of allylic oxidation sites excluding steroid dienone is 6. The molecule has 0 radical (unpaired) electrons. The molecular formula is C19H32O. The largest absolute Gasteiger partial charge is 0.300 e. The molecule has 1 heteroatoms. The van der Waals surface area contributed by atoms with Crippen LogP contribution in [0.5, 0.6) is 0 Å². The first-order chi connectivity index (χ1) is 9.77. The van der Waals surface area contributed by atoms with Gasteiger partial charge in [-0.3, -0.25) is 0 Å². The summed E-state index contributed by atoms with van der Waals surface area (Å²) in [4.78, 5) is 10.8. The Morgan fingerprint density at radius 1 is 0.750 bits per heavy atom. The van der Waals surface area contributed by atoms with Crippen molar-refractivity contribution >= 4 is 5.78 Å². The SMILES string of the molecule is CCCC\C=C/C=C/C=C/CCCCCCCC(C)=O. The number of rotatable bonds is 13. The highest BCUT2D eigenvalue weighted by atomic mass is 16.1. The van der Waals surface area contributed by atoms with Crippen molar-refractivity contribution in [3.05, 3.63) is 36.5 Å². The maximum absolute atomic E-state index is 10.8. The maximum atomic E-state index is 10.8. The zero-order valence-electron chi connectivity index (χ0n) is 13.4. The smallest absolute Gasteiger partial charge is 0.129 e. The van der Waals surface area contributed by atoms with Crippen molar-refractivity contribution in [2.45, 2.75) is 78.1 Å². The molecular weight excluding hydrogens is 244 g/mol. The van der Waals surface area contributed by atoms with Crippen LogP contribution in [0.2, 0.25) is 0 Å². The van der Waals surface area contributed by atoms with E-state index in [0.29, 0.717) is 5.78 Å². The lowest BCUT2D eigenvalue weighted by Crippen LogP contribution is -1.89.